The Hall–Kier alpha value is -1.75. The normalized spacial score (nSPS) is 34.3. The van der Waals surface area contributed by atoms with Crippen LogP contribution in [0.1, 0.15) is 52.4 Å². The number of carbonyl (C=O) groups excluding carboxylic acids is 3. The van der Waals surface area contributed by atoms with Crippen molar-refractivity contribution >= 4 is 17.8 Å². The topological polar surface area (TPSA) is 118 Å². The largest absolute Gasteiger partial charge is 0.466 e. The lowest BCUT2D eigenvalue weighted by Gasteiger charge is -2.34. The van der Waals surface area contributed by atoms with E-state index in [-0.39, 0.29) is 25.0 Å². The molecule has 35 heavy (non-hydrogen) atoms. The summed E-state index contributed by atoms with van der Waals surface area (Å²) in [4.78, 5) is 44.5. The maximum absolute atomic E-state index is 13.8. The van der Waals surface area contributed by atoms with Crippen LogP contribution in [0.4, 0.5) is 0 Å². The van der Waals surface area contributed by atoms with Gasteiger partial charge in [-0.05, 0) is 45.4 Å². The van der Waals surface area contributed by atoms with Crippen LogP contribution >= 0.6 is 0 Å². The van der Waals surface area contributed by atoms with Crippen LogP contribution in [0.2, 0.25) is 0 Å². The highest BCUT2D eigenvalue weighted by molar-refractivity contribution is 5.98. The van der Waals surface area contributed by atoms with E-state index in [0.717, 1.165) is 19.5 Å². The van der Waals surface area contributed by atoms with Crippen molar-refractivity contribution in [1.82, 2.24) is 15.1 Å². The van der Waals surface area contributed by atoms with Gasteiger partial charge in [0.2, 0.25) is 11.8 Å². The van der Waals surface area contributed by atoms with E-state index in [1.165, 1.54) is 0 Å². The maximum atomic E-state index is 13.8. The van der Waals surface area contributed by atoms with Gasteiger partial charge in [-0.2, -0.15) is 0 Å². The SMILES string of the molecule is CCOC(=O)[C@H]1[C@H]2C(=O)N(CCCCCO)C(C(=O)NCCN3CCOCC3)C23CC[C@]1(CC)O3. The number of amides is 2. The van der Waals surface area contributed by atoms with Gasteiger partial charge in [-0.1, -0.05) is 6.92 Å². The molecule has 0 aromatic heterocycles. The second-order valence-corrected chi connectivity index (χ2v) is 10.1. The number of rotatable bonds is 12. The van der Waals surface area contributed by atoms with Crippen molar-refractivity contribution in [3.63, 3.8) is 0 Å². The molecule has 0 aromatic carbocycles. The molecule has 2 unspecified atom stereocenters. The number of aliphatic hydroxyl groups is 1. The van der Waals surface area contributed by atoms with E-state index in [0.29, 0.717) is 65.0 Å². The monoisotopic (exact) mass is 495 g/mol. The van der Waals surface area contributed by atoms with E-state index in [4.69, 9.17) is 19.3 Å². The van der Waals surface area contributed by atoms with Crippen molar-refractivity contribution in [3.05, 3.63) is 0 Å². The first kappa shape index (κ1) is 26.3. The van der Waals surface area contributed by atoms with E-state index < -0.39 is 35.0 Å². The fourth-order valence-electron chi connectivity index (χ4n) is 6.68. The lowest BCUT2D eigenvalue weighted by Crippen LogP contribution is -2.56. The molecular formula is C25H41N3O7. The van der Waals surface area contributed by atoms with Gasteiger partial charge in [-0.25, -0.2) is 0 Å². The van der Waals surface area contributed by atoms with E-state index in [1.54, 1.807) is 11.8 Å². The molecule has 198 valence electrons. The number of morpholine rings is 1. The van der Waals surface area contributed by atoms with Crippen LogP contribution in [0.3, 0.4) is 0 Å². The first-order chi connectivity index (χ1) is 16.9. The predicted molar refractivity (Wildman–Crippen MR) is 126 cm³/mol. The molecular weight excluding hydrogens is 454 g/mol. The first-order valence-corrected chi connectivity index (χ1v) is 13.3. The molecule has 0 radical (unpaired) electrons. The number of hydrogen-bond acceptors (Lipinski definition) is 8. The summed E-state index contributed by atoms with van der Waals surface area (Å²) in [6, 6.07) is -0.772. The molecule has 4 aliphatic rings. The fraction of sp³-hybridized carbons (Fsp3) is 0.880. The molecule has 2 amide bonds. The van der Waals surface area contributed by atoms with Crippen molar-refractivity contribution in [2.75, 3.05) is 59.2 Å². The smallest absolute Gasteiger partial charge is 0.312 e. The van der Waals surface area contributed by atoms with E-state index in [2.05, 4.69) is 10.2 Å². The van der Waals surface area contributed by atoms with Gasteiger partial charge in [0, 0.05) is 39.3 Å². The molecule has 4 aliphatic heterocycles. The van der Waals surface area contributed by atoms with Gasteiger partial charge in [0.25, 0.3) is 0 Å². The zero-order chi connectivity index (χ0) is 25.1. The minimum absolute atomic E-state index is 0.0963. The number of likely N-dealkylation sites (tertiary alicyclic amines) is 1. The number of nitrogens with zero attached hydrogens (tertiary/aromatic N) is 2. The van der Waals surface area contributed by atoms with Crippen LogP contribution in [0.25, 0.3) is 0 Å². The summed E-state index contributed by atoms with van der Waals surface area (Å²) in [5.41, 5.74) is -1.77. The molecule has 4 rings (SSSR count). The molecule has 5 atom stereocenters. The Labute approximate surface area is 207 Å². The molecule has 2 N–H and O–H groups in total. The van der Waals surface area contributed by atoms with Gasteiger partial charge in [0.05, 0.1) is 31.3 Å². The highest BCUT2D eigenvalue weighted by atomic mass is 16.6. The lowest BCUT2D eigenvalue weighted by atomic mass is 9.65. The van der Waals surface area contributed by atoms with Crippen molar-refractivity contribution in [3.8, 4) is 0 Å². The summed E-state index contributed by atoms with van der Waals surface area (Å²) in [5, 5.41) is 12.2. The van der Waals surface area contributed by atoms with Gasteiger partial charge in [0.15, 0.2) is 0 Å². The van der Waals surface area contributed by atoms with E-state index in [1.807, 2.05) is 6.92 Å². The van der Waals surface area contributed by atoms with Gasteiger partial charge >= 0.3 is 5.97 Å². The zero-order valence-corrected chi connectivity index (χ0v) is 21.1. The number of aliphatic hydroxyl groups excluding tert-OH is 1. The van der Waals surface area contributed by atoms with Crippen molar-refractivity contribution in [1.29, 1.82) is 0 Å². The number of nitrogens with one attached hydrogen (secondary N) is 1. The average molecular weight is 496 g/mol. The summed E-state index contributed by atoms with van der Waals surface area (Å²) in [7, 11) is 0. The van der Waals surface area contributed by atoms with Crippen LogP contribution in [0, 0.1) is 11.8 Å². The molecule has 0 aliphatic carbocycles. The highest BCUT2D eigenvalue weighted by Gasteiger charge is 2.78. The van der Waals surface area contributed by atoms with E-state index in [9.17, 15) is 14.4 Å². The van der Waals surface area contributed by atoms with Crippen molar-refractivity contribution < 1.29 is 33.7 Å². The first-order valence-electron chi connectivity index (χ1n) is 13.3. The zero-order valence-electron chi connectivity index (χ0n) is 21.1. The third kappa shape index (κ3) is 4.70. The Morgan fingerprint density at radius 2 is 1.91 bits per heavy atom. The molecule has 2 bridgehead atoms. The standard InChI is InChI=1S/C25H41N3O7/c1-3-24-8-9-25(35-24)18(19(24)23(32)34-4-2)22(31)28(11-6-5-7-15-29)20(25)21(30)26-10-12-27-13-16-33-17-14-27/h18-20,29H,3-17H2,1-2H3,(H,26,30)/t18-,19+,20?,24-,25?/m0/s1. The summed E-state index contributed by atoms with van der Waals surface area (Å²) in [5.74, 6) is -2.20. The van der Waals surface area contributed by atoms with Crippen molar-refractivity contribution in [2.24, 2.45) is 11.8 Å². The van der Waals surface area contributed by atoms with Gasteiger partial charge in [-0.3, -0.25) is 19.3 Å². The van der Waals surface area contributed by atoms with Crippen LogP contribution in [0.5, 0.6) is 0 Å². The third-order valence-electron chi connectivity index (χ3n) is 8.36. The summed E-state index contributed by atoms with van der Waals surface area (Å²) < 4.78 is 17.5. The minimum atomic E-state index is -1.01. The summed E-state index contributed by atoms with van der Waals surface area (Å²) in [6.45, 7) is 8.72. The number of esters is 1. The van der Waals surface area contributed by atoms with Crippen LogP contribution < -0.4 is 5.32 Å². The Bertz CT molecular complexity index is 789. The molecule has 4 fully saturated rings. The van der Waals surface area contributed by atoms with Gasteiger partial charge < -0.3 is 29.5 Å². The number of ether oxygens (including phenoxy) is 3. The molecule has 0 aromatic rings. The maximum Gasteiger partial charge on any atom is 0.312 e. The van der Waals surface area contributed by atoms with Gasteiger partial charge in [-0.15, -0.1) is 0 Å². The molecule has 10 nitrogen and oxygen atoms in total. The number of fused-ring (bicyclic) bond motifs is 1. The Balaban J connectivity index is 1.56. The molecule has 4 saturated heterocycles. The molecule has 0 saturated carbocycles. The number of unbranched alkanes of at least 4 members (excludes halogenated alkanes) is 2. The lowest BCUT2D eigenvalue weighted by molar-refractivity contribution is -0.160. The van der Waals surface area contributed by atoms with Crippen LogP contribution in [0.15, 0.2) is 0 Å². The minimum Gasteiger partial charge on any atom is -0.466 e. The average Bonchev–Trinajstić information content (AvgIpc) is 3.46. The number of carbonyl (C=O) groups is 3. The van der Waals surface area contributed by atoms with E-state index >= 15 is 0 Å². The van der Waals surface area contributed by atoms with Crippen molar-refractivity contribution in [2.45, 2.75) is 69.6 Å². The van der Waals surface area contributed by atoms with Gasteiger partial charge in [0.1, 0.15) is 17.6 Å². The summed E-state index contributed by atoms with van der Waals surface area (Å²) in [6.07, 6.45) is 3.87. The fourth-order valence-corrected chi connectivity index (χ4v) is 6.68. The Morgan fingerprint density at radius 1 is 1.14 bits per heavy atom. The predicted octanol–water partition coefficient (Wildman–Crippen LogP) is 0.315. The van der Waals surface area contributed by atoms with Crippen LogP contribution in [-0.2, 0) is 28.6 Å². The molecule has 4 heterocycles. The third-order valence-corrected chi connectivity index (χ3v) is 8.36. The molecule has 10 heteroatoms. The second-order valence-electron chi connectivity index (χ2n) is 10.1. The Morgan fingerprint density at radius 3 is 2.60 bits per heavy atom. The number of hydrogen-bond donors (Lipinski definition) is 2. The highest BCUT2D eigenvalue weighted by Crippen LogP contribution is 2.64. The second kappa shape index (κ2) is 11.1. The Kier molecular flexibility index (Phi) is 8.35. The van der Waals surface area contributed by atoms with Crippen LogP contribution in [-0.4, -0.2) is 109 Å². The molecule has 1 spiro atoms. The summed E-state index contributed by atoms with van der Waals surface area (Å²) >= 11 is 0. The quantitative estimate of drug-likeness (QED) is 0.294.